The molecule has 0 saturated heterocycles. The van der Waals surface area contributed by atoms with E-state index in [1.807, 2.05) is 13.8 Å². The van der Waals surface area contributed by atoms with Gasteiger partial charge in [-0.25, -0.2) is 0 Å². The lowest BCUT2D eigenvalue weighted by molar-refractivity contribution is 0.149. The van der Waals surface area contributed by atoms with Gasteiger partial charge in [0.25, 0.3) is 0 Å². The summed E-state index contributed by atoms with van der Waals surface area (Å²) in [5, 5.41) is 1.43. The van der Waals surface area contributed by atoms with Crippen LogP contribution in [0.15, 0.2) is 10.9 Å². The quantitative estimate of drug-likeness (QED) is 0.495. The highest BCUT2D eigenvalue weighted by Gasteiger charge is 2.02. The molecule has 0 aromatic rings. The van der Waals surface area contributed by atoms with Gasteiger partial charge in [0.2, 0.25) is 0 Å². The van der Waals surface area contributed by atoms with Crippen molar-refractivity contribution in [2.75, 3.05) is 13.2 Å². The average molecular weight is 160 g/mol. The molecule has 1 heterocycles. The SMILES string of the molecule is CC.CC1=C(P)CCOC1. The van der Waals surface area contributed by atoms with Crippen LogP contribution in [0.1, 0.15) is 27.2 Å². The fourth-order valence-electron chi connectivity index (χ4n) is 0.713. The van der Waals surface area contributed by atoms with Gasteiger partial charge in [0.1, 0.15) is 0 Å². The highest BCUT2D eigenvalue weighted by Crippen LogP contribution is 2.20. The molecular weight excluding hydrogens is 143 g/mol. The Balaban J connectivity index is 0.000000371. The molecule has 2 heteroatoms. The minimum atomic E-state index is 0.832. The van der Waals surface area contributed by atoms with E-state index in [0.29, 0.717) is 0 Å². The van der Waals surface area contributed by atoms with Crippen LogP contribution in [0.2, 0.25) is 0 Å². The van der Waals surface area contributed by atoms with Crippen LogP contribution in [0.5, 0.6) is 0 Å². The summed E-state index contributed by atoms with van der Waals surface area (Å²) < 4.78 is 5.18. The monoisotopic (exact) mass is 160 g/mol. The van der Waals surface area contributed by atoms with Crippen molar-refractivity contribution >= 4 is 9.24 Å². The maximum atomic E-state index is 5.18. The van der Waals surface area contributed by atoms with E-state index in [-0.39, 0.29) is 0 Å². The zero-order chi connectivity index (χ0) is 7.98. The summed E-state index contributed by atoms with van der Waals surface area (Å²) in [6.45, 7) is 7.84. The molecule has 1 atom stereocenters. The Morgan fingerprint density at radius 3 is 2.30 bits per heavy atom. The predicted octanol–water partition coefficient (Wildman–Crippen LogP) is 2.58. The highest BCUT2D eigenvalue weighted by atomic mass is 31.0. The standard InChI is InChI=1S/C6H11OP.C2H6/c1-5-4-7-3-2-6(5)8;1-2/h2-4,8H2,1H3;1-2H3. The van der Waals surface area contributed by atoms with E-state index >= 15 is 0 Å². The van der Waals surface area contributed by atoms with Crippen molar-refractivity contribution < 1.29 is 4.74 Å². The third-order valence-electron chi connectivity index (χ3n) is 1.38. The molecule has 0 aromatic heterocycles. The van der Waals surface area contributed by atoms with E-state index in [9.17, 15) is 0 Å². The molecule has 0 spiro atoms. The molecule has 1 aliphatic rings. The lowest BCUT2D eigenvalue weighted by Gasteiger charge is -2.13. The zero-order valence-corrected chi connectivity index (χ0v) is 8.26. The maximum Gasteiger partial charge on any atom is 0.0680 e. The van der Waals surface area contributed by atoms with Crippen LogP contribution in [0, 0.1) is 0 Å². The molecule has 10 heavy (non-hydrogen) atoms. The smallest absolute Gasteiger partial charge is 0.0680 e. The van der Waals surface area contributed by atoms with Crippen molar-refractivity contribution in [1.82, 2.24) is 0 Å². The van der Waals surface area contributed by atoms with E-state index in [0.717, 1.165) is 19.6 Å². The van der Waals surface area contributed by atoms with Gasteiger partial charge in [-0.15, -0.1) is 9.24 Å². The number of hydrogen-bond donors (Lipinski definition) is 0. The predicted molar refractivity (Wildman–Crippen MR) is 49.2 cm³/mol. The van der Waals surface area contributed by atoms with Gasteiger partial charge in [-0.2, -0.15) is 0 Å². The summed E-state index contributed by atoms with van der Waals surface area (Å²) in [5.74, 6) is 0. The van der Waals surface area contributed by atoms with Gasteiger partial charge in [-0.3, -0.25) is 0 Å². The molecule has 0 aromatic carbocycles. The minimum Gasteiger partial charge on any atom is -0.377 e. The van der Waals surface area contributed by atoms with Gasteiger partial charge in [-0.1, -0.05) is 13.8 Å². The highest BCUT2D eigenvalue weighted by molar-refractivity contribution is 7.22. The first-order valence-corrected chi connectivity index (χ1v) is 4.40. The van der Waals surface area contributed by atoms with Crippen molar-refractivity contribution in [2.45, 2.75) is 27.2 Å². The van der Waals surface area contributed by atoms with Crippen LogP contribution in [0.25, 0.3) is 0 Å². The van der Waals surface area contributed by atoms with Crippen LogP contribution in [-0.2, 0) is 4.74 Å². The normalized spacial score (nSPS) is 18.0. The number of rotatable bonds is 0. The Morgan fingerprint density at radius 2 is 2.00 bits per heavy atom. The summed E-state index contributed by atoms with van der Waals surface area (Å²) in [6.07, 6.45) is 1.09. The first kappa shape index (κ1) is 10.1. The van der Waals surface area contributed by atoms with Crippen molar-refractivity contribution in [3.05, 3.63) is 10.9 Å². The topological polar surface area (TPSA) is 9.23 Å². The molecule has 60 valence electrons. The minimum absolute atomic E-state index is 0.832. The lowest BCUT2D eigenvalue weighted by atomic mass is 10.2. The Labute approximate surface area is 66.0 Å². The molecule has 0 bridgehead atoms. The summed E-state index contributed by atoms with van der Waals surface area (Å²) in [6, 6.07) is 0. The van der Waals surface area contributed by atoms with E-state index < -0.39 is 0 Å². The molecule has 1 rings (SSSR count). The fourth-order valence-corrected chi connectivity index (χ4v) is 0.915. The summed E-state index contributed by atoms with van der Waals surface area (Å²) in [7, 11) is 2.74. The van der Waals surface area contributed by atoms with Crippen LogP contribution in [-0.4, -0.2) is 13.2 Å². The van der Waals surface area contributed by atoms with Crippen LogP contribution < -0.4 is 0 Å². The Kier molecular flexibility index (Phi) is 5.96. The number of hydrogen-bond acceptors (Lipinski definition) is 1. The molecule has 0 N–H and O–H groups in total. The molecule has 1 nitrogen and oxygen atoms in total. The Morgan fingerprint density at radius 1 is 1.40 bits per heavy atom. The van der Waals surface area contributed by atoms with Gasteiger partial charge in [0.15, 0.2) is 0 Å². The molecule has 0 amide bonds. The second-order valence-corrected chi connectivity index (χ2v) is 2.81. The van der Waals surface area contributed by atoms with E-state index in [4.69, 9.17) is 4.74 Å². The largest absolute Gasteiger partial charge is 0.377 e. The van der Waals surface area contributed by atoms with Crippen molar-refractivity contribution in [2.24, 2.45) is 0 Å². The number of ether oxygens (including phenoxy) is 1. The Bertz CT molecular complexity index is 104. The fraction of sp³-hybridized carbons (Fsp3) is 0.750. The van der Waals surface area contributed by atoms with E-state index in [1.165, 1.54) is 10.9 Å². The van der Waals surface area contributed by atoms with E-state index in [2.05, 4.69) is 16.2 Å². The third-order valence-corrected chi connectivity index (χ3v) is 2.16. The first-order chi connectivity index (χ1) is 4.80. The molecular formula is C8H17OP. The van der Waals surface area contributed by atoms with Gasteiger partial charge in [-0.05, 0) is 24.2 Å². The molecule has 0 aliphatic carbocycles. The van der Waals surface area contributed by atoms with Crippen LogP contribution in [0.3, 0.4) is 0 Å². The molecule has 0 saturated carbocycles. The molecule has 0 radical (unpaired) electrons. The summed E-state index contributed by atoms with van der Waals surface area (Å²) >= 11 is 0. The second-order valence-electron chi connectivity index (χ2n) is 2.11. The first-order valence-electron chi connectivity index (χ1n) is 3.82. The molecule has 1 unspecified atom stereocenters. The third kappa shape index (κ3) is 3.34. The van der Waals surface area contributed by atoms with Gasteiger partial charge >= 0.3 is 0 Å². The zero-order valence-electron chi connectivity index (χ0n) is 7.11. The van der Waals surface area contributed by atoms with Crippen LogP contribution in [0.4, 0.5) is 0 Å². The van der Waals surface area contributed by atoms with Gasteiger partial charge in [0, 0.05) is 0 Å². The average Bonchev–Trinajstić information content (AvgIpc) is 2.00. The van der Waals surface area contributed by atoms with Crippen LogP contribution >= 0.6 is 9.24 Å². The summed E-state index contributed by atoms with van der Waals surface area (Å²) in [4.78, 5) is 0. The van der Waals surface area contributed by atoms with Crippen molar-refractivity contribution in [3.8, 4) is 0 Å². The Hall–Kier alpha value is 0.130. The second kappa shape index (κ2) is 5.88. The lowest BCUT2D eigenvalue weighted by Crippen LogP contribution is -2.05. The van der Waals surface area contributed by atoms with Gasteiger partial charge in [0.05, 0.1) is 13.2 Å². The molecule has 0 fully saturated rings. The van der Waals surface area contributed by atoms with E-state index in [1.54, 1.807) is 0 Å². The molecule has 1 aliphatic heterocycles. The van der Waals surface area contributed by atoms with Gasteiger partial charge < -0.3 is 4.74 Å². The van der Waals surface area contributed by atoms with Crippen molar-refractivity contribution in [1.29, 1.82) is 0 Å². The maximum absolute atomic E-state index is 5.18. The summed E-state index contributed by atoms with van der Waals surface area (Å²) in [5.41, 5.74) is 1.38. The van der Waals surface area contributed by atoms with Crippen molar-refractivity contribution in [3.63, 3.8) is 0 Å².